The predicted molar refractivity (Wildman–Crippen MR) is 143 cm³/mol. The van der Waals surface area contributed by atoms with E-state index in [4.69, 9.17) is 34.2 Å². The molecule has 39 heavy (non-hydrogen) atoms. The van der Waals surface area contributed by atoms with Gasteiger partial charge in [0.15, 0.2) is 18.1 Å². The van der Waals surface area contributed by atoms with E-state index in [0.29, 0.717) is 46.8 Å². The molecule has 202 valence electrons. The lowest BCUT2D eigenvalue weighted by Gasteiger charge is -2.27. The summed E-state index contributed by atoms with van der Waals surface area (Å²) in [5.41, 5.74) is 7.86. The van der Waals surface area contributed by atoms with Crippen molar-refractivity contribution < 1.29 is 33.2 Å². The lowest BCUT2D eigenvalue weighted by Crippen LogP contribution is -2.22. The number of nitrogens with two attached hydrogens (primary N) is 1. The van der Waals surface area contributed by atoms with E-state index in [1.807, 2.05) is 18.2 Å². The number of nitrogens with zero attached hydrogens (tertiary/aromatic N) is 1. The predicted octanol–water partition coefficient (Wildman–Crippen LogP) is 4.94. The lowest BCUT2D eigenvalue weighted by atomic mass is 9.83. The minimum Gasteiger partial charge on any atom is -0.497 e. The summed E-state index contributed by atoms with van der Waals surface area (Å²) < 4.78 is 33.2. The Balaban J connectivity index is 1.54. The van der Waals surface area contributed by atoms with Gasteiger partial charge in [-0.2, -0.15) is 5.26 Å². The highest BCUT2D eigenvalue weighted by Crippen LogP contribution is 2.45. The first kappa shape index (κ1) is 27.2. The van der Waals surface area contributed by atoms with Crippen LogP contribution in [-0.4, -0.2) is 33.4 Å². The maximum atomic E-state index is 12.4. The Morgan fingerprint density at radius 1 is 0.949 bits per heavy atom. The van der Waals surface area contributed by atoms with Crippen molar-refractivity contribution in [1.82, 2.24) is 0 Å². The number of carbonyl (C=O) groups is 1. The molecule has 9 nitrogen and oxygen atoms in total. The number of allylic oxidation sites excluding steroid dienone is 1. The van der Waals surface area contributed by atoms with Crippen LogP contribution in [-0.2, 0) is 4.79 Å². The number of ether oxygens (including phenoxy) is 6. The highest BCUT2D eigenvalue weighted by atomic mass is 16.6. The Morgan fingerprint density at radius 2 is 1.67 bits per heavy atom. The van der Waals surface area contributed by atoms with Crippen LogP contribution < -0.4 is 34.2 Å². The summed E-state index contributed by atoms with van der Waals surface area (Å²) in [6.45, 7) is 4.37. The van der Waals surface area contributed by atoms with E-state index in [0.717, 1.165) is 5.56 Å². The molecule has 0 saturated carbocycles. The molecule has 4 rings (SSSR count). The number of fused-ring (bicyclic) bond motifs is 1. The van der Waals surface area contributed by atoms with Gasteiger partial charge in [0.25, 0.3) is 0 Å². The summed E-state index contributed by atoms with van der Waals surface area (Å²) >= 11 is 0. The average molecular weight is 531 g/mol. The molecule has 0 spiro atoms. The minimum absolute atomic E-state index is 0.0274. The maximum Gasteiger partial charge on any atom is 0.349 e. The Bertz CT molecular complexity index is 1410. The number of methoxy groups -OCH3 is 2. The highest BCUT2D eigenvalue weighted by molar-refractivity contribution is 5.74. The van der Waals surface area contributed by atoms with E-state index in [1.165, 1.54) is 0 Å². The van der Waals surface area contributed by atoms with Crippen molar-refractivity contribution in [3.63, 3.8) is 0 Å². The molecule has 9 heteroatoms. The van der Waals surface area contributed by atoms with Gasteiger partial charge in [0, 0.05) is 11.6 Å². The van der Waals surface area contributed by atoms with Crippen molar-refractivity contribution in [3.05, 3.63) is 83.2 Å². The van der Waals surface area contributed by atoms with Gasteiger partial charge in [0.05, 0.1) is 26.7 Å². The maximum absolute atomic E-state index is 12.4. The molecule has 1 unspecified atom stereocenters. The molecule has 1 heterocycles. The molecule has 0 fully saturated rings. The monoisotopic (exact) mass is 530 g/mol. The summed E-state index contributed by atoms with van der Waals surface area (Å²) in [7, 11) is 3.13. The van der Waals surface area contributed by atoms with Gasteiger partial charge < -0.3 is 34.2 Å². The zero-order valence-corrected chi connectivity index (χ0v) is 22.2. The molecule has 0 amide bonds. The molecule has 0 saturated heterocycles. The van der Waals surface area contributed by atoms with Crippen LogP contribution in [0.2, 0.25) is 0 Å². The van der Waals surface area contributed by atoms with Crippen molar-refractivity contribution in [1.29, 1.82) is 5.26 Å². The number of rotatable bonds is 10. The normalized spacial score (nSPS) is 14.1. The lowest BCUT2D eigenvalue weighted by molar-refractivity contribution is -0.136. The van der Waals surface area contributed by atoms with Gasteiger partial charge in [-0.3, -0.25) is 0 Å². The van der Waals surface area contributed by atoms with E-state index in [-0.39, 0.29) is 23.8 Å². The molecule has 0 aliphatic carbocycles. The van der Waals surface area contributed by atoms with Gasteiger partial charge in [-0.15, -0.1) is 0 Å². The van der Waals surface area contributed by atoms with Crippen LogP contribution in [0.5, 0.6) is 34.5 Å². The molecule has 0 bridgehead atoms. The number of hydrogen-bond acceptors (Lipinski definition) is 9. The summed E-state index contributed by atoms with van der Waals surface area (Å²) in [5.74, 6) is 2.16. The van der Waals surface area contributed by atoms with Crippen LogP contribution in [0.1, 0.15) is 30.9 Å². The zero-order valence-electron chi connectivity index (χ0n) is 22.2. The molecule has 0 radical (unpaired) electrons. The third-order valence-corrected chi connectivity index (χ3v) is 5.93. The molecule has 3 aromatic rings. The van der Waals surface area contributed by atoms with Crippen molar-refractivity contribution in [2.45, 2.75) is 19.8 Å². The molecule has 0 aromatic heterocycles. The van der Waals surface area contributed by atoms with Crippen molar-refractivity contribution in [2.24, 2.45) is 11.7 Å². The summed E-state index contributed by atoms with van der Waals surface area (Å²) in [6, 6.07) is 19.5. The SMILES string of the molecule is COc1ccc(OCC(=O)Oc2ccc3c(c2)OC(N)=C(C#N)C3c2ccc(OCC(C)C)c(OC)c2)cc1. The van der Waals surface area contributed by atoms with Gasteiger partial charge in [-0.1, -0.05) is 26.0 Å². The van der Waals surface area contributed by atoms with Gasteiger partial charge in [-0.05, 0) is 53.9 Å². The molecule has 1 atom stereocenters. The zero-order chi connectivity index (χ0) is 27.9. The summed E-state index contributed by atoms with van der Waals surface area (Å²) in [5, 5.41) is 9.89. The first-order chi connectivity index (χ1) is 18.8. The fourth-order valence-corrected chi connectivity index (χ4v) is 4.06. The minimum atomic E-state index is -0.596. The topological polar surface area (TPSA) is 122 Å². The highest BCUT2D eigenvalue weighted by Gasteiger charge is 2.32. The summed E-state index contributed by atoms with van der Waals surface area (Å²) in [6.07, 6.45) is 0. The van der Waals surface area contributed by atoms with Crippen molar-refractivity contribution >= 4 is 5.97 Å². The van der Waals surface area contributed by atoms with Gasteiger partial charge >= 0.3 is 5.97 Å². The smallest absolute Gasteiger partial charge is 0.349 e. The van der Waals surface area contributed by atoms with E-state index in [2.05, 4.69) is 19.9 Å². The Kier molecular flexibility index (Phi) is 8.46. The van der Waals surface area contributed by atoms with E-state index < -0.39 is 11.9 Å². The van der Waals surface area contributed by atoms with Crippen LogP contribution in [0.4, 0.5) is 0 Å². The van der Waals surface area contributed by atoms with Crippen molar-refractivity contribution in [2.75, 3.05) is 27.4 Å². The molecular weight excluding hydrogens is 500 g/mol. The fourth-order valence-electron chi connectivity index (χ4n) is 4.06. The number of esters is 1. The number of nitriles is 1. The third-order valence-electron chi connectivity index (χ3n) is 5.93. The quantitative estimate of drug-likeness (QED) is 0.287. The molecule has 3 aromatic carbocycles. The average Bonchev–Trinajstić information content (AvgIpc) is 2.94. The first-order valence-corrected chi connectivity index (χ1v) is 12.3. The van der Waals surface area contributed by atoms with Gasteiger partial charge in [-0.25, -0.2) is 4.79 Å². The van der Waals surface area contributed by atoms with Crippen LogP contribution >= 0.6 is 0 Å². The Hall–Kier alpha value is -4.84. The number of hydrogen-bond donors (Lipinski definition) is 1. The van der Waals surface area contributed by atoms with E-state index >= 15 is 0 Å². The second-order valence-electron chi connectivity index (χ2n) is 9.18. The fraction of sp³-hybridized carbons (Fsp3) is 0.267. The van der Waals surface area contributed by atoms with E-state index in [1.54, 1.807) is 56.7 Å². The molecule has 2 N–H and O–H groups in total. The Morgan fingerprint density at radius 3 is 2.33 bits per heavy atom. The second kappa shape index (κ2) is 12.1. The number of benzene rings is 3. The summed E-state index contributed by atoms with van der Waals surface area (Å²) in [4.78, 5) is 12.4. The van der Waals surface area contributed by atoms with Gasteiger partial charge in [0.1, 0.15) is 34.6 Å². The standard InChI is InChI=1S/C30H30N2O7/c1-18(2)16-37-25-12-5-19(13-27(25)35-4)29-23-11-10-22(14-26(23)39-30(32)24(29)15-31)38-28(33)17-36-21-8-6-20(34-3)7-9-21/h5-14,18,29H,16-17,32H2,1-4H3. The van der Waals surface area contributed by atoms with E-state index in [9.17, 15) is 10.1 Å². The Labute approximate surface area is 227 Å². The van der Waals surface area contributed by atoms with Crippen LogP contribution in [0.3, 0.4) is 0 Å². The molecule has 1 aliphatic heterocycles. The third kappa shape index (κ3) is 6.36. The van der Waals surface area contributed by atoms with Crippen LogP contribution in [0, 0.1) is 17.2 Å². The van der Waals surface area contributed by atoms with Crippen LogP contribution in [0.25, 0.3) is 0 Å². The first-order valence-electron chi connectivity index (χ1n) is 12.3. The van der Waals surface area contributed by atoms with Crippen LogP contribution in [0.15, 0.2) is 72.1 Å². The van der Waals surface area contributed by atoms with Crippen molar-refractivity contribution in [3.8, 4) is 40.6 Å². The molecule has 1 aliphatic rings. The largest absolute Gasteiger partial charge is 0.497 e. The second-order valence-corrected chi connectivity index (χ2v) is 9.18. The molecular formula is C30H30N2O7. The number of carbonyl (C=O) groups excluding carboxylic acids is 1. The van der Waals surface area contributed by atoms with Gasteiger partial charge in [0.2, 0.25) is 5.88 Å².